The van der Waals surface area contributed by atoms with E-state index in [0.717, 1.165) is 5.69 Å². The number of oxazole rings is 1. The molecule has 2 heterocycles. The van der Waals surface area contributed by atoms with Gasteiger partial charge in [-0.1, -0.05) is 0 Å². The quantitative estimate of drug-likeness (QED) is 0.661. The number of hydrogen-bond acceptors (Lipinski definition) is 5. The van der Waals surface area contributed by atoms with Gasteiger partial charge in [-0.25, -0.2) is 9.97 Å². The predicted molar refractivity (Wildman–Crippen MR) is 75.4 cm³/mol. The second-order valence-corrected chi connectivity index (χ2v) is 4.10. The van der Waals surface area contributed by atoms with Gasteiger partial charge in [-0.2, -0.15) is 0 Å². The van der Waals surface area contributed by atoms with Crippen LogP contribution in [0.1, 0.15) is 11.6 Å². The predicted octanol–water partition coefficient (Wildman–Crippen LogP) is 2.37. The Labute approximate surface area is 115 Å². The summed E-state index contributed by atoms with van der Waals surface area (Å²) in [5.74, 6) is 6.13. The molecule has 5 nitrogen and oxygen atoms in total. The summed E-state index contributed by atoms with van der Waals surface area (Å²) in [6, 6.07) is 8.45. The molecule has 0 bridgehead atoms. The van der Waals surface area contributed by atoms with E-state index in [2.05, 4.69) is 27.1 Å². The van der Waals surface area contributed by atoms with Crippen molar-refractivity contribution in [3.05, 3.63) is 48.1 Å². The SMILES string of the molecule is CNc1ccc(C#Cc2nc3ccc(O)cc3o2)nc1. The van der Waals surface area contributed by atoms with Crippen molar-refractivity contribution >= 4 is 16.8 Å². The first-order chi connectivity index (χ1) is 9.74. The van der Waals surface area contributed by atoms with Crippen LogP contribution in [0.4, 0.5) is 5.69 Å². The molecule has 2 N–H and O–H groups in total. The number of fused-ring (bicyclic) bond motifs is 1. The van der Waals surface area contributed by atoms with Gasteiger partial charge in [0.25, 0.3) is 5.89 Å². The molecule has 20 heavy (non-hydrogen) atoms. The molecule has 0 aliphatic carbocycles. The summed E-state index contributed by atoms with van der Waals surface area (Å²) in [5.41, 5.74) is 2.72. The van der Waals surface area contributed by atoms with E-state index in [4.69, 9.17) is 4.42 Å². The highest BCUT2D eigenvalue weighted by Crippen LogP contribution is 2.20. The highest BCUT2D eigenvalue weighted by atomic mass is 16.3. The van der Waals surface area contributed by atoms with Gasteiger partial charge in [-0.05, 0) is 36.1 Å². The number of aromatic nitrogens is 2. The number of nitrogens with zero attached hydrogens (tertiary/aromatic N) is 2. The number of phenolic OH excluding ortho intramolecular Hbond substituents is 1. The van der Waals surface area contributed by atoms with E-state index in [0.29, 0.717) is 22.7 Å². The Morgan fingerprint density at radius 3 is 2.85 bits per heavy atom. The summed E-state index contributed by atoms with van der Waals surface area (Å²) in [6.45, 7) is 0. The zero-order valence-corrected chi connectivity index (χ0v) is 10.7. The molecule has 5 heteroatoms. The van der Waals surface area contributed by atoms with Gasteiger partial charge in [0.15, 0.2) is 5.58 Å². The Hall–Kier alpha value is -3.00. The monoisotopic (exact) mass is 265 g/mol. The van der Waals surface area contributed by atoms with Crippen LogP contribution in [-0.4, -0.2) is 22.1 Å². The summed E-state index contributed by atoms with van der Waals surface area (Å²) in [5, 5.41) is 12.3. The van der Waals surface area contributed by atoms with E-state index < -0.39 is 0 Å². The van der Waals surface area contributed by atoms with Crippen molar-refractivity contribution in [2.75, 3.05) is 12.4 Å². The minimum atomic E-state index is 0.137. The van der Waals surface area contributed by atoms with E-state index in [1.165, 1.54) is 6.07 Å². The van der Waals surface area contributed by atoms with Gasteiger partial charge in [0.1, 0.15) is 17.0 Å². The Morgan fingerprint density at radius 2 is 2.10 bits per heavy atom. The first-order valence-electron chi connectivity index (χ1n) is 6.00. The maximum absolute atomic E-state index is 9.36. The van der Waals surface area contributed by atoms with Crippen LogP contribution in [0.5, 0.6) is 5.75 Å². The molecule has 2 aromatic heterocycles. The summed E-state index contributed by atoms with van der Waals surface area (Å²) < 4.78 is 5.43. The van der Waals surface area contributed by atoms with E-state index in [1.54, 1.807) is 18.3 Å². The van der Waals surface area contributed by atoms with E-state index >= 15 is 0 Å². The maximum atomic E-state index is 9.36. The lowest BCUT2D eigenvalue weighted by atomic mass is 10.3. The van der Waals surface area contributed by atoms with Gasteiger partial charge >= 0.3 is 0 Å². The number of pyridine rings is 1. The molecule has 1 aromatic carbocycles. The summed E-state index contributed by atoms with van der Waals surface area (Å²) in [6.07, 6.45) is 1.70. The molecule has 0 spiro atoms. The Bertz CT molecular complexity index is 810. The van der Waals surface area contributed by atoms with Crippen molar-refractivity contribution in [2.24, 2.45) is 0 Å². The van der Waals surface area contributed by atoms with E-state index in [1.807, 2.05) is 19.2 Å². The van der Waals surface area contributed by atoms with Gasteiger partial charge in [-0.15, -0.1) is 0 Å². The smallest absolute Gasteiger partial charge is 0.274 e. The minimum absolute atomic E-state index is 0.137. The number of phenols is 1. The molecule has 3 aromatic rings. The number of nitrogens with one attached hydrogen (secondary N) is 1. The average Bonchev–Trinajstić information content (AvgIpc) is 2.87. The topological polar surface area (TPSA) is 71.2 Å². The van der Waals surface area contributed by atoms with Crippen LogP contribution in [0.25, 0.3) is 11.1 Å². The average molecular weight is 265 g/mol. The van der Waals surface area contributed by atoms with Gasteiger partial charge in [0.05, 0.1) is 11.9 Å². The summed E-state index contributed by atoms with van der Waals surface area (Å²) >= 11 is 0. The minimum Gasteiger partial charge on any atom is -0.508 e. The molecule has 0 radical (unpaired) electrons. The molecule has 0 saturated carbocycles. The lowest BCUT2D eigenvalue weighted by Crippen LogP contribution is -1.89. The fourth-order valence-corrected chi connectivity index (χ4v) is 1.70. The van der Waals surface area contributed by atoms with Crippen LogP contribution >= 0.6 is 0 Å². The molecule has 3 rings (SSSR count). The van der Waals surface area contributed by atoms with Crippen LogP contribution in [0, 0.1) is 11.8 Å². The molecular weight excluding hydrogens is 254 g/mol. The summed E-state index contributed by atoms with van der Waals surface area (Å²) in [4.78, 5) is 8.40. The zero-order valence-electron chi connectivity index (χ0n) is 10.7. The van der Waals surface area contributed by atoms with Crippen molar-refractivity contribution in [3.8, 4) is 17.6 Å². The highest BCUT2D eigenvalue weighted by molar-refractivity contribution is 5.74. The second kappa shape index (κ2) is 4.94. The van der Waals surface area contributed by atoms with Gasteiger partial charge in [0.2, 0.25) is 0 Å². The van der Waals surface area contributed by atoms with E-state index in [-0.39, 0.29) is 5.75 Å². The van der Waals surface area contributed by atoms with Crippen LogP contribution in [0.15, 0.2) is 40.9 Å². The molecule has 0 unspecified atom stereocenters. The fourth-order valence-electron chi connectivity index (χ4n) is 1.70. The lowest BCUT2D eigenvalue weighted by molar-refractivity contribution is 0.474. The van der Waals surface area contributed by atoms with Crippen LogP contribution < -0.4 is 5.32 Å². The van der Waals surface area contributed by atoms with Crippen molar-refractivity contribution < 1.29 is 9.52 Å². The van der Waals surface area contributed by atoms with Crippen LogP contribution in [0.3, 0.4) is 0 Å². The third-order valence-corrected chi connectivity index (χ3v) is 2.72. The van der Waals surface area contributed by atoms with Gasteiger partial charge < -0.3 is 14.8 Å². The number of anilines is 1. The van der Waals surface area contributed by atoms with Crippen molar-refractivity contribution in [1.29, 1.82) is 0 Å². The molecular formula is C15H11N3O2. The Morgan fingerprint density at radius 1 is 1.20 bits per heavy atom. The van der Waals surface area contributed by atoms with Crippen LogP contribution in [0.2, 0.25) is 0 Å². The molecule has 0 atom stereocenters. The molecule has 0 saturated heterocycles. The second-order valence-electron chi connectivity index (χ2n) is 4.10. The Balaban J connectivity index is 1.90. The van der Waals surface area contributed by atoms with Gasteiger partial charge in [-0.3, -0.25) is 0 Å². The van der Waals surface area contributed by atoms with Crippen molar-refractivity contribution in [3.63, 3.8) is 0 Å². The first-order valence-corrected chi connectivity index (χ1v) is 6.00. The molecule has 0 amide bonds. The van der Waals surface area contributed by atoms with Crippen molar-refractivity contribution in [2.45, 2.75) is 0 Å². The number of benzene rings is 1. The molecule has 98 valence electrons. The largest absolute Gasteiger partial charge is 0.508 e. The standard InChI is InChI=1S/C15H11N3O2/c1-16-11-3-2-10(17-9-11)4-7-15-18-13-6-5-12(19)8-14(13)20-15/h2-3,5-6,8-9,16,19H,1H3. The third-order valence-electron chi connectivity index (χ3n) is 2.72. The maximum Gasteiger partial charge on any atom is 0.274 e. The number of hydrogen-bond donors (Lipinski definition) is 2. The lowest BCUT2D eigenvalue weighted by Gasteiger charge is -1.96. The molecule has 0 aliphatic rings. The van der Waals surface area contributed by atoms with E-state index in [9.17, 15) is 5.11 Å². The third kappa shape index (κ3) is 2.40. The normalized spacial score (nSPS) is 10.1. The zero-order chi connectivity index (χ0) is 13.9. The fraction of sp³-hybridized carbons (Fsp3) is 0.0667. The molecule has 0 fully saturated rings. The van der Waals surface area contributed by atoms with Crippen molar-refractivity contribution in [1.82, 2.24) is 9.97 Å². The number of aromatic hydroxyl groups is 1. The number of rotatable bonds is 1. The first kappa shape index (κ1) is 12.1. The summed E-state index contributed by atoms with van der Waals surface area (Å²) in [7, 11) is 1.83. The Kier molecular flexibility index (Phi) is 2.98. The van der Waals surface area contributed by atoms with Gasteiger partial charge in [0, 0.05) is 13.1 Å². The molecule has 0 aliphatic heterocycles. The highest BCUT2D eigenvalue weighted by Gasteiger charge is 2.03. The van der Waals surface area contributed by atoms with Crippen LogP contribution in [-0.2, 0) is 0 Å².